The van der Waals surface area contributed by atoms with Crippen molar-refractivity contribution in [3.05, 3.63) is 19.2 Å². The molecule has 0 bridgehead atoms. The summed E-state index contributed by atoms with van der Waals surface area (Å²) < 4.78 is 1.90. The molecular formula is C11H14Br2N2OS. The summed E-state index contributed by atoms with van der Waals surface area (Å²) in [6, 6.07) is 2.08. The molecule has 17 heavy (non-hydrogen) atoms. The van der Waals surface area contributed by atoms with E-state index in [1.165, 1.54) is 17.8 Å². The minimum atomic E-state index is 0.108. The van der Waals surface area contributed by atoms with Gasteiger partial charge >= 0.3 is 0 Å². The molecule has 0 aromatic carbocycles. The molecule has 1 aromatic heterocycles. The van der Waals surface area contributed by atoms with Crippen molar-refractivity contribution in [3.8, 4) is 0 Å². The standard InChI is InChI=1S/C11H14Br2N2OS/c12-8-5-9(17-10(8)13)11(16)15-4-2-1-3-7(15)6-14/h5,7H,1-4,6,14H2. The van der Waals surface area contributed by atoms with Crippen molar-refractivity contribution in [1.29, 1.82) is 0 Å². The minimum Gasteiger partial charge on any atom is -0.334 e. The number of halogens is 2. The Hall–Kier alpha value is 0.0900. The van der Waals surface area contributed by atoms with E-state index in [4.69, 9.17) is 5.73 Å². The zero-order chi connectivity index (χ0) is 12.4. The lowest BCUT2D eigenvalue weighted by molar-refractivity contribution is 0.0628. The average molecular weight is 382 g/mol. The molecule has 1 aliphatic heterocycles. The van der Waals surface area contributed by atoms with Crippen LogP contribution in [0.3, 0.4) is 0 Å². The zero-order valence-electron chi connectivity index (χ0n) is 9.29. The molecule has 1 atom stereocenters. The predicted molar refractivity (Wildman–Crippen MR) is 77.4 cm³/mol. The molecule has 1 unspecified atom stereocenters. The maximum atomic E-state index is 12.4. The summed E-state index contributed by atoms with van der Waals surface area (Å²) in [7, 11) is 0. The Balaban J connectivity index is 2.18. The second kappa shape index (κ2) is 5.82. The second-order valence-corrected chi connectivity index (χ2v) is 7.34. The molecule has 1 saturated heterocycles. The first kappa shape index (κ1) is 13.5. The highest BCUT2D eigenvalue weighted by molar-refractivity contribution is 9.13. The lowest BCUT2D eigenvalue weighted by Crippen LogP contribution is -2.47. The molecule has 0 aliphatic carbocycles. The molecular weight excluding hydrogens is 368 g/mol. The summed E-state index contributed by atoms with van der Waals surface area (Å²) >= 11 is 8.29. The number of hydrogen-bond acceptors (Lipinski definition) is 3. The van der Waals surface area contributed by atoms with E-state index in [1.54, 1.807) is 0 Å². The Bertz CT molecular complexity index is 402. The molecule has 6 heteroatoms. The molecule has 3 nitrogen and oxygen atoms in total. The Labute approximate surface area is 122 Å². The second-order valence-electron chi connectivity index (χ2n) is 4.12. The van der Waals surface area contributed by atoms with Crippen LogP contribution in [0.4, 0.5) is 0 Å². The number of carbonyl (C=O) groups is 1. The molecule has 1 fully saturated rings. The van der Waals surface area contributed by atoms with Gasteiger partial charge in [-0.1, -0.05) is 0 Å². The highest BCUT2D eigenvalue weighted by atomic mass is 79.9. The van der Waals surface area contributed by atoms with Crippen molar-refractivity contribution in [2.75, 3.05) is 13.1 Å². The van der Waals surface area contributed by atoms with Gasteiger partial charge in [-0.25, -0.2) is 0 Å². The monoisotopic (exact) mass is 380 g/mol. The van der Waals surface area contributed by atoms with Crippen LogP contribution < -0.4 is 5.73 Å². The van der Waals surface area contributed by atoms with Crippen LogP contribution >= 0.6 is 43.2 Å². The zero-order valence-corrected chi connectivity index (χ0v) is 13.3. The van der Waals surface area contributed by atoms with Crippen LogP contribution in [0.1, 0.15) is 28.9 Å². The average Bonchev–Trinajstić information content (AvgIpc) is 2.68. The van der Waals surface area contributed by atoms with Gasteiger partial charge in [0.2, 0.25) is 0 Å². The minimum absolute atomic E-state index is 0.108. The highest BCUT2D eigenvalue weighted by Gasteiger charge is 2.27. The van der Waals surface area contributed by atoms with E-state index in [0.29, 0.717) is 6.54 Å². The third kappa shape index (κ3) is 2.92. The van der Waals surface area contributed by atoms with Crippen LogP contribution in [0, 0.1) is 0 Å². The van der Waals surface area contributed by atoms with Gasteiger partial charge in [-0.15, -0.1) is 11.3 Å². The fraction of sp³-hybridized carbons (Fsp3) is 0.545. The Morgan fingerprint density at radius 2 is 2.29 bits per heavy atom. The van der Waals surface area contributed by atoms with Gasteiger partial charge in [-0.05, 0) is 57.2 Å². The molecule has 94 valence electrons. The number of nitrogens with zero attached hydrogens (tertiary/aromatic N) is 1. The van der Waals surface area contributed by atoms with Crippen molar-refractivity contribution in [3.63, 3.8) is 0 Å². The number of piperidine rings is 1. The van der Waals surface area contributed by atoms with Gasteiger partial charge in [0.1, 0.15) is 0 Å². The van der Waals surface area contributed by atoms with E-state index >= 15 is 0 Å². The van der Waals surface area contributed by atoms with Gasteiger partial charge in [0, 0.05) is 23.6 Å². The molecule has 0 radical (unpaired) electrons. The quantitative estimate of drug-likeness (QED) is 0.854. The first-order valence-electron chi connectivity index (χ1n) is 5.59. The SMILES string of the molecule is NCC1CCCCN1C(=O)c1cc(Br)c(Br)s1. The van der Waals surface area contributed by atoms with E-state index in [-0.39, 0.29) is 11.9 Å². The van der Waals surface area contributed by atoms with Crippen LogP contribution in [0.15, 0.2) is 14.3 Å². The summed E-state index contributed by atoms with van der Waals surface area (Å²) in [6.07, 6.45) is 3.27. The number of amides is 1. The van der Waals surface area contributed by atoms with Gasteiger partial charge in [-0.2, -0.15) is 0 Å². The first-order valence-corrected chi connectivity index (χ1v) is 7.99. The number of rotatable bonds is 2. The third-order valence-corrected chi connectivity index (χ3v) is 6.26. The molecule has 0 saturated carbocycles. The van der Waals surface area contributed by atoms with Crippen LogP contribution in [0.2, 0.25) is 0 Å². The lowest BCUT2D eigenvalue weighted by atomic mass is 10.0. The normalized spacial score (nSPS) is 20.6. The maximum absolute atomic E-state index is 12.4. The largest absolute Gasteiger partial charge is 0.334 e. The molecule has 2 N–H and O–H groups in total. The van der Waals surface area contributed by atoms with Crippen molar-refractivity contribution >= 4 is 49.1 Å². The van der Waals surface area contributed by atoms with Crippen molar-refractivity contribution in [1.82, 2.24) is 4.90 Å². The highest BCUT2D eigenvalue weighted by Crippen LogP contribution is 2.33. The number of hydrogen-bond donors (Lipinski definition) is 1. The van der Waals surface area contributed by atoms with E-state index in [2.05, 4.69) is 31.9 Å². The molecule has 0 spiro atoms. The summed E-state index contributed by atoms with van der Waals surface area (Å²) in [5.74, 6) is 0.108. The van der Waals surface area contributed by atoms with Crippen LogP contribution in [-0.2, 0) is 0 Å². The van der Waals surface area contributed by atoms with Gasteiger partial charge in [0.25, 0.3) is 5.91 Å². The Kier molecular flexibility index (Phi) is 4.63. The summed E-state index contributed by atoms with van der Waals surface area (Å²) in [6.45, 7) is 1.38. The summed E-state index contributed by atoms with van der Waals surface area (Å²) in [5, 5.41) is 0. The van der Waals surface area contributed by atoms with E-state index in [0.717, 1.165) is 32.5 Å². The van der Waals surface area contributed by atoms with Crippen LogP contribution in [0.25, 0.3) is 0 Å². The van der Waals surface area contributed by atoms with Gasteiger partial charge in [-0.3, -0.25) is 4.79 Å². The van der Waals surface area contributed by atoms with E-state index in [1.807, 2.05) is 11.0 Å². The van der Waals surface area contributed by atoms with E-state index in [9.17, 15) is 4.79 Å². The van der Waals surface area contributed by atoms with Crippen molar-refractivity contribution < 1.29 is 4.79 Å². The van der Waals surface area contributed by atoms with Crippen LogP contribution in [-0.4, -0.2) is 29.9 Å². The third-order valence-electron chi connectivity index (χ3n) is 3.02. The molecule has 1 aromatic rings. The summed E-state index contributed by atoms with van der Waals surface area (Å²) in [5.41, 5.74) is 5.74. The predicted octanol–water partition coefficient (Wildman–Crippen LogP) is 3.23. The van der Waals surface area contributed by atoms with Crippen molar-refractivity contribution in [2.24, 2.45) is 5.73 Å². The number of nitrogens with two attached hydrogens (primary N) is 1. The molecule has 1 aliphatic rings. The first-order chi connectivity index (χ1) is 8.13. The molecule has 2 heterocycles. The number of carbonyl (C=O) groups excluding carboxylic acids is 1. The van der Waals surface area contributed by atoms with Gasteiger partial charge < -0.3 is 10.6 Å². The Morgan fingerprint density at radius 1 is 1.53 bits per heavy atom. The lowest BCUT2D eigenvalue weighted by Gasteiger charge is -2.34. The number of likely N-dealkylation sites (tertiary alicyclic amines) is 1. The molecule has 1 amide bonds. The smallest absolute Gasteiger partial charge is 0.264 e. The van der Waals surface area contributed by atoms with Crippen molar-refractivity contribution in [2.45, 2.75) is 25.3 Å². The summed E-state index contributed by atoms with van der Waals surface area (Å²) in [4.78, 5) is 15.1. The topological polar surface area (TPSA) is 46.3 Å². The van der Waals surface area contributed by atoms with Crippen LogP contribution in [0.5, 0.6) is 0 Å². The molecule has 2 rings (SSSR count). The van der Waals surface area contributed by atoms with Gasteiger partial charge in [0.15, 0.2) is 0 Å². The Morgan fingerprint density at radius 3 is 2.88 bits per heavy atom. The fourth-order valence-corrected chi connectivity index (χ4v) is 4.10. The fourth-order valence-electron chi connectivity index (χ4n) is 2.11. The van der Waals surface area contributed by atoms with E-state index < -0.39 is 0 Å². The number of thiophene rings is 1. The van der Waals surface area contributed by atoms with Gasteiger partial charge in [0.05, 0.1) is 8.66 Å². The maximum Gasteiger partial charge on any atom is 0.264 e.